The number of aliphatic hydroxyl groups is 1. The van der Waals surface area contributed by atoms with E-state index in [0.717, 1.165) is 5.56 Å². The van der Waals surface area contributed by atoms with Gasteiger partial charge in [0, 0.05) is 22.7 Å². The van der Waals surface area contributed by atoms with E-state index in [1.807, 2.05) is 13.8 Å². The molecule has 8 heteroatoms. The standard InChI is InChI=1S/C21H22ClNO5S/c1-20(2,16-7-4-13(22)9-17(16)27-3)11-21(26,29)19(25)23-14-5-6-15-12(8-14)10-28-18(15)24/h4-9,26,29H,10-11H2,1-3H3,(H,23,25). The summed E-state index contributed by atoms with van der Waals surface area (Å²) >= 11 is 10.3. The van der Waals surface area contributed by atoms with Crippen LogP contribution in [0, 0.1) is 0 Å². The molecule has 6 nitrogen and oxygen atoms in total. The lowest BCUT2D eigenvalue weighted by atomic mass is 9.78. The summed E-state index contributed by atoms with van der Waals surface area (Å²) in [4.78, 5) is 22.3. The quantitative estimate of drug-likeness (QED) is 0.363. The van der Waals surface area contributed by atoms with Crippen LogP contribution in [0.25, 0.3) is 0 Å². The number of rotatable bonds is 6. The third-order valence-electron chi connectivity index (χ3n) is 4.89. The molecule has 1 aliphatic rings. The van der Waals surface area contributed by atoms with Gasteiger partial charge in [-0.05, 0) is 41.3 Å². The van der Waals surface area contributed by atoms with Crippen molar-refractivity contribution in [3.05, 3.63) is 58.1 Å². The molecule has 2 N–H and O–H groups in total. The average Bonchev–Trinajstić information content (AvgIpc) is 3.00. The van der Waals surface area contributed by atoms with Gasteiger partial charge in [-0.2, -0.15) is 0 Å². The minimum Gasteiger partial charge on any atom is -0.496 e. The number of cyclic esters (lactones) is 1. The number of carbonyl (C=O) groups excluding carboxylic acids is 2. The highest BCUT2D eigenvalue weighted by molar-refractivity contribution is 7.82. The van der Waals surface area contributed by atoms with E-state index in [2.05, 4.69) is 17.9 Å². The van der Waals surface area contributed by atoms with Gasteiger partial charge in [-0.1, -0.05) is 31.5 Å². The number of anilines is 1. The number of fused-ring (bicyclic) bond motifs is 1. The topological polar surface area (TPSA) is 84.9 Å². The van der Waals surface area contributed by atoms with E-state index in [1.54, 1.807) is 36.4 Å². The molecule has 0 bridgehead atoms. The summed E-state index contributed by atoms with van der Waals surface area (Å²) in [5.41, 5.74) is 1.74. The van der Waals surface area contributed by atoms with Crippen molar-refractivity contribution in [3.8, 4) is 5.75 Å². The zero-order chi connectivity index (χ0) is 21.4. The van der Waals surface area contributed by atoms with Gasteiger partial charge in [-0.15, -0.1) is 12.6 Å². The van der Waals surface area contributed by atoms with E-state index < -0.39 is 16.3 Å². The molecule has 1 aliphatic heterocycles. The summed E-state index contributed by atoms with van der Waals surface area (Å²) in [5.74, 6) is -0.496. The van der Waals surface area contributed by atoms with Gasteiger partial charge in [0.05, 0.1) is 12.7 Å². The lowest BCUT2D eigenvalue weighted by Gasteiger charge is -2.33. The molecule has 3 rings (SSSR count). The molecule has 0 fully saturated rings. The molecule has 0 spiro atoms. The minimum absolute atomic E-state index is 0.0134. The van der Waals surface area contributed by atoms with Crippen LogP contribution < -0.4 is 10.1 Å². The maximum Gasteiger partial charge on any atom is 0.338 e. The zero-order valence-corrected chi connectivity index (χ0v) is 17.9. The van der Waals surface area contributed by atoms with Crippen LogP contribution in [0.5, 0.6) is 5.75 Å². The predicted octanol–water partition coefficient (Wildman–Crippen LogP) is 3.94. The van der Waals surface area contributed by atoms with Crippen molar-refractivity contribution in [1.29, 1.82) is 0 Å². The van der Waals surface area contributed by atoms with Crippen molar-refractivity contribution in [1.82, 2.24) is 0 Å². The Morgan fingerprint density at radius 2 is 2.03 bits per heavy atom. The first-order valence-electron chi connectivity index (χ1n) is 8.94. The lowest BCUT2D eigenvalue weighted by Crippen LogP contribution is -2.42. The van der Waals surface area contributed by atoms with Crippen LogP contribution in [0.3, 0.4) is 0 Å². The maximum absolute atomic E-state index is 12.7. The molecule has 1 unspecified atom stereocenters. The van der Waals surface area contributed by atoms with Crippen molar-refractivity contribution < 1.29 is 24.2 Å². The third-order valence-corrected chi connectivity index (χ3v) is 5.48. The molecule has 0 saturated heterocycles. The van der Waals surface area contributed by atoms with Gasteiger partial charge in [0.2, 0.25) is 0 Å². The van der Waals surface area contributed by atoms with Gasteiger partial charge >= 0.3 is 5.97 Å². The Balaban J connectivity index is 1.78. The number of hydrogen-bond donors (Lipinski definition) is 3. The molecule has 1 amide bonds. The zero-order valence-electron chi connectivity index (χ0n) is 16.3. The molecule has 2 aromatic rings. The fraction of sp³-hybridized carbons (Fsp3) is 0.333. The molecule has 0 radical (unpaired) electrons. The molecule has 0 saturated carbocycles. The summed E-state index contributed by atoms with van der Waals surface area (Å²) in [7, 11) is 1.53. The molecule has 154 valence electrons. The number of hydrogen-bond acceptors (Lipinski definition) is 6. The molecule has 29 heavy (non-hydrogen) atoms. The Bertz CT molecular complexity index is 974. The van der Waals surface area contributed by atoms with Crippen LogP contribution in [0.4, 0.5) is 5.69 Å². The number of amides is 1. The van der Waals surface area contributed by atoms with Gasteiger partial charge in [0.15, 0.2) is 4.93 Å². The van der Waals surface area contributed by atoms with Crippen molar-refractivity contribution >= 4 is 41.8 Å². The number of esters is 1. The Hall–Kier alpha value is -2.22. The van der Waals surface area contributed by atoms with E-state index in [1.165, 1.54) is 7.11 Å². The molecular weight excluding hydrogens is 414 g/mol. The van der Waals surface area contributed by atoms with Crippen LogP contribution in [-0.2, 0) is 21.6 Å². The lowest BCUT2D eigenvalue weighted by molar-refractivity contribution is -0.127. The molecular formula is C21H22ClNO5S. The second kappa shape index (κ2) is 7.89. The first-order chi connectivity index (χ1) is 13.5. The molecule has 0 aromatic heterocycles. The number of thiol groups is 1. The molecule has 1 atom stereocenters. The van der Waals surface area contributed by atoms with E-state index in [0.29, 0.717) is 27.6 Å². The fourth-order valence-electron chi connectivity index (χ4n) is 3.46. The van der Waals surface area contributed by atoms with E-state index in [9.17, 15) is 14.7 Å². The van der Waals surface area contributed by atoms with Crippen molar-refractivity contribution in [2.24, 2.45) is 0 Å². The Morgan fingerprint density at radius 3 is 2.72 bits per heavy atom. The van der Waals surface area contributed by atoms with E-state index in [4.69, 9.17) is 21.1 Å². The summed E-state index contributed by atoms with van der Waals surface area (Å²) in [5, 5.41) is 14.0. The summed E-state index contributed by atoms with van der Waals surface area (Å²) in [6, 6.07) is 10.0. The molecule has 2 aromatic carbocycles. The summed E-state index contributed by atoms with van der Waals surface area (Å²) < 4.78 is 10.4. The fourth-order valence-corrected chi connectivity index (χ4v) is 4.07. The van der Waals surface area contributed by atoms with Crippen molar-refractivity contribution in [2.45, 2.75) is 37.2 Å². The second-order valence-electron chi connectivity index (χ2n) is 7.62. The van der Waals surface area contributed by atoms with Crippen LogP contribution >= 0.6 is 24.2 Å². The van der Waals surface area contributed by atoms with Crippen LogP contribution in [0.1, 0.15) is 41.8 Å². The Morgan fingerprint density at radius 1 is 1.31 bits per heavy atom. The number of ether oxygens (including phenoxy) is 2. The smallest absolute Gasteiger partial charge is 0.338 e. The van der Waals surface area contributed by atoms with Crippen molar-refractivity contribution in [2.75, 3.05) is 12.4 Å². The average molecular weight is 436 g/mol. The first-order valence-corrected chi connectivity index (χ1v) is 9.76. The van der Waals surface area contributed by atoms with E-state index >= 15 is 0 Å². The highest BCUT2D eigenvalue weighted by Crippen LogP contribution is 2.40. The largest absolute Gasteiger partial charge is 0.496 e. The number of carbonyl (C=O) groups is 2. The van der Waals surface area contributed by atoms with Crippen LogP contribution in [0.2, 0.25) is 5.02 Å². The SMILES string of the molecule is COc1cc(Cl)ccc1C(C)(C)CC(O)(S)C(=O)Nc1ccc2c(c1)COC2=O. The maximum atomic E-state index is 12.7. The highest BCUT2D eigenvalue weighted by Gasteiger charge is 2.40. The highest BCUT2D eigenvalue weighted by atomic mass is 35.5. The minimum atomic E-state index is -1.96. The van der Waals surface area contributed by atoms with Gasteiger partial charge in [-0.25, -0.2) is 4.79 Å². The third kappa shape index (κ3) is 4.52. The van der Waals surface area contributed by atoms with Crippen LogP contribution in [-0.4, -0.2) is 29.0 Å². The number of nitrogens with one attached hydrogen (secondary N) is 1. The normalized spacial score (nSPS) is 15.3. The molecule has 0 aliphatic carbocycles. The van der Waals surface area contributed by atoms with Gasteiger partial charge in [0.25, 0.3) is 5.91 Å². The Labute approximate surface area is 179 Å². The summed E-state index contributed by atoms with van der Waals surface area (Å²) in [6.45, 7) is 3.92. The number of benzene rings is 2. The van der Waals surface area contributed by atoms with Crippen LogP contribution in [0.15, 0.2) is 36.4 Å². The van der Waals surface area contributed by atoms with Gasteiger partial charge in [-0.3, -0.25) is 4.79 Å². The molecule has 1 heterocycles. The second-order valence-corrected chi connectivity index (χ2v) is 8.80. The predicted molar refractivity (Wildman–Crippen MR) is 114 cm³/mol. The van der Waals surface area contributed by atoms with Gasteiger partial charge in [0.1, 0.15) is 12.4 Å². The number of methoxy groups -OCH3 is 1. The summed E-state index contributed by atoms with van der Waals surface area (Å²) in [6.07, 6.45) is 0.0134. The monoisotopic (exact) mass is 435 g/mol. The van der Waals surface area contributed by atoms with Crippen molar-refractivity contribution in [3.63, 3.8) is 0 Å². The Kier molecular flexibility index (Phi) is 5.85. The van der Waals surface area contributed by atoms with Gasteiger partial charge < -0.3 is 19.9 Å². The first kappa shape index (κ1) is 21.5. The number of halogens is 1. The van der Waals surface area contributed by atoms with E-state index in [-0.39, 0.29) is 19.0 Å².